The lowest BCUT2D eigenvalue weighted by Crippen LogP contribution is -2.00. The number of aromatic hydroxyl groups is 4. The van der Waals surface area contributed by atoms with Crippen molar-refractivity contribution >= 4 is 22.9 Å². The van der Waals surface area contributed by atoms with Crippen molar-refractivity contribution in [3.63, 3.8) is 0 Å². The van der Waals surface area contributed by atoms with Crippen LogP contribution in [0.1, 0.15) is 11.1 Å². The normalized spacial score (nSPS) is 11.8. The summed E-state index contributed by atoms with van der Waals surface area (Å²) < 4.78 is 0. The van der Waals surface area contributed by atoms with Gasteiger partial charge in [0.1, 0.15) is 0 Å². The van der Waals surface area contributed by atoms with Gasteiger partial charge in [-0.1, -0.05) is 36.4 Å². The predicted molar refractivity (Wildman–Crippen MR) is 89.1 cm³/mol. The smallest absolute Gasteiger partial charge is 0.232 e. The Balaban J connectivity index is 3.03. The van der Waals surface area contributed by atoms with Crippen LogP contribution in [-0.4, -0.2) is 43.9 Å². The van der Waals surface area contributed by atoms with Gasteiger partial charge in [-0.25, -0.2) is 0 Å². The third-order valence-corrected chi connectivity index (χ3v) is 3.44. The van der Waals surface area contributed by atoms with Gasteiger partial charge >= 0.3 is 0 Å². The van der Waals surface area contributed by atoms with Gasteiger partial charge in [-0.15, -0.1) is 0 Å². The number of rotatable bonds is 4. The first kappa shape index (κ1) is 17.3. The Hall–Kier alpha value is -3.03. The van der Waals surface area contributed by atoms with Gasteiger partial charge in [-0.2, -0.15) is 0 Å². The van der Waals surface area contributed by atoms with E-state index < -0.39 is 28.4 Å². The van der Waals surface area contributed by atoms with E-state index in [0.29, 0.717) is 0 Å². The van der Waals surface area contributed by atoms with E-state index in [1.807, 2.05) is 0 Å². The summed E-state index contributed by atoms with van der Waals surface area (Å²) in [4.78, 5) is 12.4. The zero-order valence-electron chi connectivity index (χ0n) is 12.5. The topological polar surface area (TPSA) is 138 Å². The fourth-order valence-corrected chi connectivity index (χ4v) is 2.31. The van der Waals surface area contributed by atoms with Crippen LogP contribution in [0.2, 0.25) is 0 Å². The molecule has 2 rings (SSSR count). The van der Waals surface area contributed by atoms with Gasteiger partial charge in [0, 0.05) is 16.5 Å². The van der Waals surface area contributed by atoms with Crippen LogP contribution in [-0.2, 0) is 0 Å². The van der Waals surface area contributed by atoms with Gasteiger partial charge in [0.2, 0.25) is 11.2 Å². The minimum absolute atomic E-state index is 0.000798. The summed E-state index contributed by atoms with van der Waals surface area (Å²) in [6, 6.07) is 2.72. The molecule has 126 valence electrons. The van der Waals surface area contributed by atoms with E-state index in [0.717, 1.165) is 0 Å². The molecule has 7 heteroatoms. The van der Waals surface area contributed by atoms with Crippen LogP contribution in [0.5, 0.6) is 23.0 Å². The molecule has 0 saturated heterocycles. The molecular weight excluding hydrogens is 316 g/mol. The van der Waals surface area contributed by atoms with E-state index in [1.165, 1.54) is 36.4 Å². The van der Waals surface area contributed by atoms with Gasteiger partial charge in [-0.05, 0) is 0 Å². The molecule has 0 amide bonds. The molecule has 0 aromatic heterocycles. The van der Waals surface area contributed by atoms with Gasteiger partial charge in [0.25, 0.3) is 0 Å². The maximum Gasteiger partial charge on any atom is 0.232 e. The summed E-state index contributed by atoms with van der Waals surface area (Å²) in [7, 11) is 0. The maximum atomic E-state index is 12.4. The van der Waals surface area contributed by atoms with Crippen LogP contribution in [0.4, 0.5) is 0 Å². The molecule has 0 saturated carbocycles. The fraction of sp³-hybridized carbons (Fsp3) is 0.118. The van der Waals surface area contributed by atoms with Crippen molar-refractivity contribution in [1.29, 1.82) is 0 Å². The second-order valence-electron chi connectivity index (χ2n) is 4.88. The van der Waals surface area contributed by atoms with Crippen molar-refractivity contribution in [3.05, 3.63) is 45.6 Å². The minimum atomic E-state index is -0.959. The summed E-state index contributed by atoms with van der Waals surface area (Å²) in [6.45, 7) is -0.648. The molecule has 2 aromatic carbocycles. The number of hydrogen-bond donors (Lipinski definition) is 6. The molecule has 24 heavy (non-hydrogen) atoms. The maximum absolute atomic E-state index is 12.4. The number of phenols is 3. The van der Waals surface area contributed by atoms with E-state index in [4.69, 9.17) is 10.2 Å². The Morgan fingerprint density at radius 3 is 2.04 bits per heavy atom. The molecule has 0 radical (unpaired) electrons. The third kappa shape index (κ3) is 2.90. The molecule has 0 fully saturated rings. The highest BCUT2D eigenvalue weighted by molar-refractivity contribution is 6.00. The molecule has 7 nitrogen and oxygen atoms in total. The summed E-state index contributed by atoms with van der Waals surface area (Å²) in [6.07, 6.45) is 5.17. The highest BCUT2D eigenvalue weighted by Crippen LogP contribution is 2.44. The molecule has 0 heterocycles. The van der Waals surface area contributed by atoms with Crippen LogP contribution in [0, 0.1) is 0 Å². The Labute approximate surface area is 136 Å². The molecule has 2 aromatic rings. The predicted octanol–water partition coefficient (Wildman–Crippen LogP) is 1.03. The monoisotopic (exact) mass is 332 g/mol. The number of fused-ring (bicyclic) bond motifs is 1. The van der Waals surface area contributed by atoms with E-state index >= 15 is 0 Å². The average molecular weight is 332 g/mol. The molecule has 0 bridgehead atoms. The van der Waals surface area contributed by atoms with E-state index in [1.54, 1.807) is 0 Å². The first-order valence-corrected chi connectivity index (χ1v) is 6.95. The van der Waals surface area contributed by atoms with Crippen LogP contribution in [0.3, 0.4) is 0 Å². The molecule has 0 aliphatic heterocycles. The standard InChI is InChI=1S/C17H16O7/c18-7-1-3-9-5-6-10-11(4-2-8-19)14(21)17(24)16(23)12(10)15(22)13(9)20/h1-6,18-19,21,23-24H,7-8H2,(H,20,22)/b3-1+,4-2+. The molecule has 6 N–H and O–H groups in total. The van der Waals surface area contributed by atoms with E-state index in [2.05, 4.69) is 0 Å². The third-order valence-electron chi connectivity index (χ3n) is 3.44. The first-order chi connectivity index (χ1) is 11.4. The number of aliphatic hydroxyl groups excluding tert-OH is 2. The van der Waals surface area contributed by atoms with Gasteiger partial charge in [0.05, 0.1) is 18.6 Å². The van der Waals surface area contributed by atoms with Crippen molar-refractivity contribution < 1.29 is 30.6 Å². The number of benzene rings is 1. The van der Waals surface area contributed by atoms with Crippen molar-refractivity contribution in [1.82, 2.24) is 0 Å². The minimum Gasteiger partial charge on any atom is -0.504 e. The molecular formula is C17H16O7. The molecule has 0 aliphatic carbocycles. The fourth-order valence-electron chi connectivity index (χ4n) is 2.31. The zero-order valence-corrected chi connectivity index (χ0v) is 12.5. The highest BCUT2D eigenvalue weighted by atomic mass is 16.3. The van der Waals surface area contributed by atoms with Gasteiger partial charge in [0.15, 0.2) is 17.2 Å². The number of phenolic OH excluding ortho intramolecular Hbond substituents is 3. The quantitative estimate of drug-likeness (QED) is 0.460. The summed E-state index contributed by atoms with van der Waals surface area (Å²) in [5, 5.41) is 57.3. The lowest BCUT2D eigenvalue weighted by Gasteiger charge is -2.08. The van der Waals surface area contributed by atoms with Crippen molar-refractivity contribution in [2.45, 2.75) is 0 Å². The van der Waals surface area contributed by atoms with E-state index in [9.17, 15) is 25.2 Å². The summed E-state index contributed by atoms with van der Waals surface area (Å²) >= 11 is 0. The Morgan fingerprint density at radius 1 is 0.792 bits per heavy atom. The van der Waals surface area contributed by atoms with Crippen molar-refractivity contribution in [2.75, 3.05) is 13.2 Å². The lowest BCUT2D eigenvalue weighted by atomic mass is 10.0. The second-order valence-corrected chi connectivity index (χ2v) is 4.88. The molecule has 0 aliphatic rings. The summed E-state index contributed by atoms with van der Waals surface area (Å²) in [5.74, 6) is -3.12. The largest absolute Gasteiger partial charge is 0.504 e. The Bertz CT molecular complexity index is 898. The zero-order chi connectivity index (χ0) is 17.9. The molecule has 0 unspecified atom stereocenters. The van der Waals surface area contributed by atoms with Crippen molar-refractivity contribution in [3.8, 4) is 23.0 Å². The molecule has 0 spiro atoms. The van der Waals surface area contributed by atoms with Crippen molar-refractivity contribution in [2.24, 2.45) is 0 Å². The molecule has 0 atom stereocenters. The SMILES string of the molecule is O=c1c(O)c(/C=C/CO)ccc2c(/C=C/CO)c(O)c(O)c(O)c12. The lowest BCUT2D eigenvalue weighted by molar-refractivity contribution is 0.343. The van der Waals surface area contributed by atoms with Gasteiger partial charge < -0.3 is 30.6 Å². The Morgan fingerprint density at radius 2 is 1.42 bits per heavy atom. The number of aliphatic hydroxyl groups is 2. The van der Waals surface area contributed by atoms with Crippen LogP contribution < -0.4 is 5.43 Å². The van der Waals surface area contributed by atoms with Crippen LogP contribution in [0.15, 0.2) is 29.1 Å². The first-order valence-electron chi connectivity index (χ1n) is 6.95. The van der Waals surface area contributed by atoms with E-state index in [-0.39, 0.29) is 35.1 Å². The van der Waals surface area contributed by atoms with Crippen LogP contribution in [0.25, 0.3) is 22.9 Å². The Kier molecular flexibility index (Phi) is 5.08. The summed E-state index contributed by atoms with van der Waals surface area (Å²) in [5.41, 5.74) is -0.876. The second kappa shape index (κ2) is 7.03. The highest BCUT2D eigenvalue weighted by Gasteiger charge is 2.20. The van der Waals surface area contributed by atoms with Gasteiger partial charge in [-0.3, -0.25) is 4.79 Å². The number of hydrogen-bond acceptors (Lipinski definition) is 7. The van der Waals surface area contributed by atoms with Crippen LogP contribution >= 0.6 is 0 Å². The average Bonchev–Trinajstić information content (AvgIpc) is 2.69.